The van der Waals surface area contributed by atoms with E-state index in [4.69, 9.17) is 33.7 Å². The zero-order valence-corrected chi connectivity index (χ0v) is 12.9. The van der Waals surface area contributed by atoms with Crippen LogP contribution < -0.4 is 10.5 Å². The molecule has 2 aromatic carbocycles. The van der Waals surface area contributed by atoms with E-state index < -0.39 is 0 Å². The van der Waals surface area contributed by atoms with Gasteiger partial charge < -0.3 is 10.5 Å². The Kier molecular flexibility index (Phi) is 4.92. The molecule has 2 N–H and O–H groups in total. The molecular weight excluding hydrogens is 293 g/mol. The zero-order valence-electron chi connectivity index (χ0n) is 11.4. The largest absolute Gasteiger partial charge is 0.483 e. The van der Waals surface area contributed by atoms with Crippen LogP contribution in [-0.2, 0) is 0 Å². The normalized spacial score (nSPS) is 13.8. The lowest BCUT2D eigenvalue weighted by Crippen LogP contribution is -2.29. The van der Waals surface area contributed by atoms with Gasteiger partial charge in [0.2, 0.25) is 0 Å². The summed E-state index contributed by atoms with van der Waals surface area (Å²) in [7, 11) is 0. The zero-order chi connectivity index (χ0) is 14.7. The van der Waals surface area contributed by atoms with E-state index in [-0.39, 0.29) is 12.1 Å². The van der Waals surface area contributed by atoms with Crippen LogP contribution in [0.2, 0.25) is 10.0 Å². The monoisotopic (exact) mass is 309 g/mol. The molecule has 0 aliphatic rings. The van der Waals surface area contributed by atoms with E-state index in [9.17, 15) is 0 Å². The Bertz CT molecular complexity index is 599. The Balaban J connectivity index is 2.30. The van der Waals surface area contributed by atoms with Gasteiger partial charge in [0.15, 0.2) is 0 Å². The highest BCUT2D eigenvalue weighted by Gasteiger charge is 2.19. The first kappa shape index (κ1) is 15.2. The van der Waals surface area contributed by atoms with Gasteiger partial charge in [-0.15, -0.1) is 0 Å². The topological polar surface area (TPSA) is 35.2 Å². The van der Waals surface area contributed by atoms with Crippen molar-refractivity contribution < 1.29 is 4.74 Å². The fourth-order valence-electron chi connectivity index (χ4n) is 2.00. The predicted molar refractivity (Wildman–Crippen MR) is 84.7 cm³/mol. The summed E-state index contributed by atoms with van der Waals surface area (Å²) in [4.78, 5) is 0. The van der Waals surface area contributed by atoms with Crippen molar-refractivity contribution in [3.8, 4) is 5.75 Å². The van der Waals surface area contributed by atoms with Gasteiger partial charge in [-0.25, -0.2) is 0 Å². The van der Waals surface area contributed by atoms with Crippen molar-refractivity contribution in [3.63, 3.8) is 0 Å². The molecule has 0 radical (unpaired) electrons. The molecule has 0 aromatic heterocycles. The Labute approximate surface area is 129 Å². The molecule has 0 amide bonds. The molecular formula is C16H17Cl2NO. The standard InChI is InChI=1S/C16H17Cl2NO/c1-10-6-7-15(14(18)8-10)20-16(11(2)19)12-4-3-5-13(17)9-12/h3-9,11,16H,19H2,1-2H3. The number of benzene rings is 2. The molecule has 106 valence electrons. The quantitative estimate of drug-likeness (QED) is 0.883. The van der Waals surface area contributed by atoms with Gasteiger partial charge in [-0.05, 0) is 49.2 Å². The molecule has 0 saturated carbocycles. The second-order valence-corrected chi connectivity index (χ2v) is 5.73. The lowest BCUT2D eigenvalue weighted by atomic mass is 10.0. The Morgan fingerprint density at radius 1 is 1.10 bits per heavy atom. The first-order valence-electron chi connectivity index (χ1n) is 6.41. The van der Waals surface area contributed by atoms with Crippen molar-refractivity contribution in [2.45, 2.75) is 26.0 Å². The van der Waals surface area contributed by atoms with Gasteiger partial charge in [0.25, 0.3) is 0 Å². The molecule has 0 spiro atoms. The summed E-state index contributed by atoms with van der Waals surface area (Å²) in [6.45, 7) is 3.88. The minimum atomic E-state index is -0.297. The number of halogens is 2. The van der Waals surface area contributed by atoms with Gasteiger partial charge in [0.05, 0.1) is 5.02 Å². The molecule has 0 saturated heterocycles. The maximum atomic E-state index is 6.21. The van der Waals surface area contributed by atoms with Crippen LogP contribution >= 0.6 is 23.2 Å². The van der Waals surface area contributed by atoms with Gasteiger partial charge in [0.1, 0.15) is 11.9 Å². The maximum Gasteiger partial charge on any atom is 0.139 e. The van der Waals surface area contributed by atoms with Crippen LogP contribution in [0, 0.1) is 6.92 Å². The summed E-state index contributed by atoms with van der Waals surface area (Å²) >= 11 is 12.2. The molecule has 2 rings (SSSR count). The second kappa shape index (κ2) is 6.49. The summed E-state index contributed by atoms with van der Waals surface area (Å²) in [5.74, 6) is 0.625. The number of hydrogen-bond acceptors (Lipinski definition) is 2. The number of ether oxygens (including phenoxy) is 1. The van der Waals surface area contributed by atoms with Crippen LogP contribution in [0.1, 0.15) is 24.2 Å². The van der Waals surface area contributed by atoms with E-state index in [0.29, 0.717) is 15.8 Å². The van der Waals surface area contributed by atoms with Crippen molar-refractivity contribution in [3.05, 3.63) is 63.6 Å². The molecule has 0 aliphatic heterocycles. The van der Waals surface area contributed by atoms with Gasteiger partial charge in [-0.1, -0.05) is 41.4 Å². The Hall–Kier alpha value is -1.22. The predicted octanol–water partition coefficient (Wildman–Crippen LogP) is 4.77. The van der Waals surface area contributed by atoms with Crippen LogP contribution in [0.4, 0.5) is 0 Å². The van der Waals surface area contributed by atoms with Crippen LogP contribution in [0.25, 0.3) is 0 Å². The van der Waals surface area contributed by atoms with Crippen molar-refractivity contribution in [1.82, 2.24) is 0 Å². The van der Waals surface area contributed by atoms with E-state index in [0.717, 1.165) is 11.1 Å². The summed E-state index contributed by atoms with van der Waals surface area (Å²) in [6.07, 6.45) is -0.297. The van der Waals surface area contributed by atoms with E-state index >= 15 is 0 Å². The summed E-state index contributed by atoms with van der Waals surface area (Å²) < 4.78 is 5.99. The number of nitrogens with two attached hydrogens (primary N) is 1. The first-order chi connectivity index (χ1) is 9.47. The van der Waals surface area contributed by atoms with Gasteiger partial charge >= 0.3 is 0 Å². The fourth-order valence-corrected chi connectivity index (χ4v) is 2.48. The van der Waals surface area contributed by atoms with Gasteiger partial charge in [0, 0.05) is 11.1 Å². The molecule has 2 atom stereocenters. The highest BCUT2D eigenvalue weighted by molar-refractivity contribution is 6.32. The first-order valence-corrected chi connectivity index (χ1v) is 7.17. The molecule has 2 unspecified atom stereocenters. The lowest BCUT2D eigenvalue weighted by Gasteiger charge is -2.23. The fraction of sp³-hybridized carbons (Fsp3) is 0.250. The van der Waals surface area contributed by atoms with Gasteiger partial charge in [-0.3, -0.25) is 0 Å². The molecule has 2 nitrogen and oxygen atoms in total. The van der Waals surface area contributed by atoms with Crippen molar-refractivity contribution in [2.24, 2.45) is 5.73 Å². The molecule has 0 aliphatic carbocycles. The second-order valence-electron chi connectivity index (χ2n) is 4.89. The molecule has 4 heteroatoms. The van der Waals surface area contributed by atoms with Crippen LogP contribution in [-0.4, -0.2) is 6.04 Å². The average Bonchev–Trinajstić information content (AvgIpc) is 2.37. The number of hydrogen-bond donors (Lipinski definition) is 1. The third-order valence-electron chi connectivity index (χ3n) is 3.00. The van der Waals surface area contributed by atoms with Crippen LogP contribution in [0.3, 0.4) is 0 Å². The molecule has 0 heterocycles. The Morgan fingerprint density at radius 3 is 2.45 bits per heavy atom. The van der Waals surface area contributed by atoms with E-state index in [1.807, 2.05) is 56.3 Å². The van der Waals surface area contributed by atoms with Crippen LogP contribution in [0.15, 0.2) is 42.5 Å². The van der Waals surface area contributed by atoms with Gasteiger partial charge in [-0.2, -0.15) is 0 Å². The summed E-state index contributed by atoms with van der Waals surface area (Å²) in [5.41, 5.74) is 8.06. The maximum absolute atomic E-state index is 6.21. The van der Waals surface area contributed by atoms with Crippen LogP contribution in [0.5, 0.6) is 5.75 Å². The third-order valence-corrected chi connectivity index (χ3v) is 3.53. The molecule has 2 aromatic rings. The van der Waals surface area contributed by atoms with Crippen molar-refractivity contribution >= 4 is 23.2 Å². The smallest absolute Gasteiger partial charge is 0.139 e. The van der Waals surface area contributed by atoms with Crippen molar-refractivity contribution in [1.29, 1.82) is 0 Å². The average molecular weight is 310 g/mol. The summed E-state index contributed by atoms with van der Waals surface area (Å²) in [6, 6.07) is 13.0. The highest BCUT2D eigenvalue weighted by Crippen LogP contribution is 2.31. The highest BCUT2D eigenvalue weighted by atomic mass is 35.5. The molecule has 0 bridgehead atoms. The van der Waals surface area contributed by atoms with E-state index in [1.165, 1.54) is 0 Å². The molecule has 0 fully saturated rings. The SMILES string of the molecule is Cc1ccc(OC(c2cccc(Cl)c2)C(C)N)c(Cl)c1. The third kappa shape index (κ3) is 3.66. The number of rotatable bonds is 4. The van der Waals surface area contributed by atoms with Crippen molar-refractivity contribution in [2.75, 3.05) is 0 Å². The molecule has 20 heavy (non-hydrogen) atoms. The minimum Gasteiger partial charge on any atom is -0.483 e. The van der Waals surface area contributed by atoms with E-state index in [1.54, 1.807) is 0 Å². The number of aryl methyl sites for hydroxylation is 1. The Morgan fingerprint density at radius 2 is 1.85 bits per heavy atom. The summed E-state index contributed by atoms with van der Waals surface area (Å²) in [5, 5.41) is 1.24. The minimum absolute atomic E-state index is 0.189. The van der Waals surface area contributed by atoms with E-state index in [2.05, 4.69) is 0 Å². The lowest BCUT2D eigenvalue weighted by molar-refractivity contribution is 0.180.